The minimum absolute atomic E-state index is 0.00334. The predicted molar refractivity (Wildman–Crippen MR) is 56.0 cm³/mol. The molecule has 0 spiro atoms. The van der Waals surface area contributed by atoms with E-state index in [2.05, 4.69) is 31.1 Å². The van der Waals surface area contributed by atoms with E-state index in [1.54, 1.807) is 6.92 Å². The highest BCUT2D eigenvalue weighted by molar-refractivity contribution is 5.90. The van der Waals surface area contributed by atoms with Gasteiger partial charge in [0, 0.05) is 5.56 Å². The molecule has 0 saturated heterocycles. The highest BCUT2D eigenvalue weighted by Crippen LogP contribution is 2.20. The lowest BCUT2D eigenvalue weighted by atomic mass is 10.1. The quantitative estimate of drug-likeness (QED) is 0.792. The Morgan fingerprint density at radius 1 is 1.47 bits per heavy atom. The van der Waals surface area contributed by atoms with Gasteiger partial charge in [0.05, 0.1) is 11.7 Å². The number of H-pyrrole nitrogens is 1. The molecule has 2 rings (SSSR count). The molecule has 0 aromatic carbocycles. The normalized spacial score (nSPS) is 12.4. The molecule has 17 heavy (non-hydrogen) atoms. The van der Waals surface area contributed by atoms with Crippen molar-refractivity contribution in [1.82, 2.24) is 31.1 Å². The Morgan fingerprint density at radius 3 is 2.76 bits per heavy atom. The lowest BCUT2D eigenvalue weighted by Crippen LogP contribution is -2.28. The molecule has 90 valence electrons. The van der Waals surface area contributed by atoms with Crippen molar-refractivity contribution < 1.29 is 9.32 Å². The molecule has 0 saturated carbocycles. The molecular weight excluding hydrogens is 224 g/mol. The van der Waals surface area contributed by atoms with Gasteiger partial charge in [0.25, 0.3) is 11.7 Å². The number of rotatable bonds is 3. The molecule has 2 N–H and O–H groups in total. The monoisotopic (exact) mass is 236 g/mol. The molecular formula is C9H12N6O2. The summed E-state index contributed by atoms with van der Waals surface area (Å²) < 4.78 is 5.04. The Labute approximate surface area is 96.8 Å². The van der Waals surface area contributed by atoms with Gasteiger partial charge in [-0.1, -0.05) is 5.16 Å². The molecule has 0 aliphatic rings. The maximum Gasteiger partial charge on any atom is 0.293 e. The zero-order valence-corrected chi connectivity index (χ0v) is 9.68. The summed E-state index contributed by atoms with van der Waals surface area (Å²) in [6.45, 7) is 5.46. The second-order valence-corrected chi connectivity index (χ2v) is 3.67. The van der Waals surface area contributed by atoms with Crippen molar-refractivity contribution >= 4 is 5.91 Å². The second-order valence-electron chi connectivity index (χ2n) is 3.67. The summed E-state index contributed by atoms with van der Waals surface area (Å²) in [5.74, 6) is 0.290. The van der Waals surface area contributed by atoms with Gasteiger partial charge in [-0.3, -0.25) is 4.79 Å². The smallest absolute Gasteiger partial charge is 0.293 e. The van der Waals surface area contributed by atoms with E-state index in [1.807, 2.05) is 13.8 Å². The zero-order chi connectivity index (χ0) is 12.4. The van der Waals surface area contributed by atoms with Crippen LogP contribution < -0.4 is 5.32 Å². The number of tetrazole rings is 1. The first-order valence-corrected chi connectivity index (χ1v) is 5.06. The topological polar surface area (TPSA) is 110 Å². The predicted octanol–water partition coefficient (Wildman–Crippen LogP) is 0.296. The summed E-state index contributed by atoms with van der Waals surface area (Å²) in [6.07, 6.45) is 0. The Kier molecular flexibility index (Phi) is 2.86. The number of aryl methyl sites for hydroxylation is 2. The van der Waals surface area contributed by atoms with Gasteiger partial charge in [0.15, 0.2) is 0 Å². The van der Waals surface area contributed by atoms with Crippen molar-refractivity contribution in [1.29, 1.82) is 0 Å². The second kappa shape index (κ2) is 4.32. The lowest BCUT2D eigenvalue weighted by molar-refractivity contribution is 0.0929. The van der Waals surface area contributed by atoms with Crippen LogP contribution in [0.2, 0.25) is 0 Å². The van der Waals surface area contributed by atoms with Crippen molar-refractivity contribution in [2.75, 3.05) is 0 Å². The molecule has 2 aromatic heterocycles. The SMILES string of the molecule is Cc1noc(C)c1C(C)NC(=O)c1nn[nH]n1. The van der Waals surface area contributed by atoms with Gasteiger partial charge in [-0.05, 0) is 26.0 Å². The molecule has 0 aliphatic heterocycles. The fourth-order valence-electron chi connectivity index (χ4n) is 1.70. The van der Waals surface area contributed by atoms with Crippen LogP contribution in [0.1, 0.15) is 40.6 Å². The summed E-state index contributed by atoms with van der Waals surface area (Å²) in [7, 11) is 0. The Morgan fingerprint density at radius 2 is 2.24 bits per heavy atom. The van der Waals surface area contributed by atoms with E-state index >= 15 is 0 Å². The van der Waals surface area contributed by atoms with Crippen molar-refractivity contribution in [2.45, 2.75) is 26.8 Å². The molecule has 2 aromatic rings. The van der Waals surface area contributed by atoms with Crippen LogP contribution in [0.15, 0.2) is 4.52 Å². The van der Waals surface area contributed by atoms with E-state index in [0.717, 1.165) is 11.3 Å². The maximum absolute atomic E-state index is 11.7. The van der Waals surface area contributed by atoms with Crippen molar-refractivity contribution in [3.8, 4) is 0 Å². The summed E-state index contributed by atoms with van der Waals surface area (Å²) in [6, 6.07) is -0.229. The largest absolute Gasteiger partial charge is 0.361 e. The molecule has 1 amide bonds. The van der Waals surface area contributed by atoms with E-state index in [0.29, 0.717) is 5.76 Å². The lowest BCUT2D eigenvalue weighted by Gasteiger charge is -2.11. The van der Waals surface area contributed by atoms with Gasteiger partial charge in [0.2, 0.25) is 0 Å². The molecule has 0 fully saturated rings. The number of aromatic nitrogens is 5. The first-order valence-electron chi connectivity index (χ1n) is 5.06. The minimum atomic E-state index is -0.397. The highest BCUT2D eigenvalue weighted by Gasteiger charge is 2.20. The number of aromatic amines is 1. The van der Waals surface area contributed by atoms with Crippen molar-refractivity contribution in [2.24, 2.45) is 0 Å². The number of nitrogens with zero attached hydrogens (tertiary/aromatic N) is 4. The summed E-state index contributed by atoms with van der Waals surface area (Å²) in [4.78, 5) is 11.7. The van der Waals surface area contributed by atoms with E-state index in [1.165, 1.54) is 0 Å². The van der Waals surface area contributed by atoms with Gasteiger partial charge in [-0.15, -0.1) is 10.2 Å². The van der Waals surface area contributed by atoms with Crippen LogP contribution in [-0.2, 0) is 0 Å². The Bertz CT molecular complexity index is 498. The third-order valence-electron chi connectivity index (χ3n) is 2.42. The summed E-state index contributed by atoms with van der Waals surface area (Å²) in [5, 5.41) is 19.3. The van der Waals surface area contributed by atoms with Crippen molar-refractivity contribution in [3.05, 3.63) is 22.8 Å². The number of nitrogens with one attached hydrogen (secondary N) is 2. The molecule has 1 atom stereocenters. The van der Waals surface area contributed by atoms with E-state index in [9.17, 15) is 4.79 Å². The molecule has 0 radical (unpaired) electrons. The van der Waals surface area contributed by atoms with Crippen LogP contribution in [0.25, 0.3) is 0 Å². The van der Waals surface area contributed by atoms with Crippen LogP contribution in [0.5, 0.6) is 0 Å². The number of hydrogen-bond acceptors (Lipinski definition) is 6. The minimum Gasteiger partial charge on any atom is -0.361 e. The highest BCUT2D eigenvalue weighted by atomic mass is 16.5. The average molecular weight is 236 g/mol. The van der Waals surface area contributed by atoms with E-state index < -0.39 is 5.91 Å². The Hall–Kier alpha value is -2.25. The van der Waals surface area contributed by atoms with Gasteiger partial charge < -0.3 is 9.84 Å². The third kappa shape index (κ3) is 2.14. The van der Waals surface area contributed by atoms with E-state index in [4.69, 9.17) is 4.52 Å². The van der Waals surface area contributed by atoms with Crippen LogP contribution in [-0.4, -0.2) is 31.7 Å². The molecule has 8 heteroatoms. The fourth-order valence-corrected chi connectivity index (χ4v) is 1.70. The van der Waals surface area contributed by atoms with Crippen LogP contribution >= 0.6 is 0 Å². The number of amides is 1. The average Bonchev–Trinajstić information content (AvgIpc) is 2.88. The number of carbonyl (C=O) groups is 1. The molecule has 2 heterocycles. The summed E-state index contributed by atoms with van der Waals surface area (Å²) in [5.41, 5.74) is 1.62. The molecule has 8 nitrogen and oxygen atoms in total. The number of hydrogen-bond donors (Lipinski definition) is 2. The van der Waals surface area contributed by atoms with Gasteiger partial charge in [-0.25, -0.2) is 0 Å². The standard InChI is InChI=1S/C9H12N6O2/c1-4(7-5(2)13-17-6(7)3)10-9(16)8-11-14-15-12-8/h4H,1-3H3,(H,10,16)(H,11,12,14,15). The van der Waals surface area contributed by atoms with Crippen molar-refractivity contribution in [3.63, 3.8) is 0 Å². The first kappa shape index (κ1) is 11.2. The summed E-state index contributed by atoms with van der Waals surface area (Å²) >= 11 is 0. The third-order valence-corrected chi connectivity index (χ3v) is 2.42. The number of carbonyl (C=O) groups excluding carboxylic acids is 1. The van der Waals surface area contributed by atoms with E-state index in [-0.39, 0.29) is 11.9 Å². The van der Waals surface area contributed by atoms with Crippen LogP contribution in [0, 0.1) is 13.8 Å². The Balaban J connectivity index is 2.12. The molecule has 1 unspecified atom stereocenters. The molecule has 0 bridgehead atoms. The first-order chi connectivity index (χ1) is 8.09. The zero-order valence-electron chi connectivity index (χ0n) is 9.68. The van der Waals surface area contributed by atoms with Crippen LogP contribution in [0.3, 0.4) is 0 Å². The van der Waals surface area contributed by atoms with Gasteiger partial charge in [-0.2, -0.15) is 5.21 Å². The van der Waals surface area contributed by atoms with Gasteiger partial charge >= 0.3 is 0 Å². The maximum atomic E-state index is 11.7. The van der Waals surface area contributed by atoms with Crippen LogP contribution in [0.4, 0.5) is 0 Å². The van der Waals surface area contributed by atoms with Gasteiger partial charge in [0.1, 0.15) is 5.76 Å². The fraction of sp³-hybridized carbons (Fsp3) is 0.444. The molecule has 0 aliphatic carbocycles.